The quantitative estimate of drug-likeness (QED) is 0.214. The number of amides is 1. The highest BCUT2D eigenvalue weighted by Gasteiger charge is 2.43. The van der Waals surface area contributed by atoms with Gasteiger partial charge in [0.25, 0.3) is 11.6 Å². The van der Waals surface area contributed by atoms with E-state index in [1.807, 2.05) is 60.7 Å². The first-order valence-corrected chi connectivity index (χ1v) is 12.6. The van der Waals surface area contributed by atoms with Gasteiger partial charge in [-0.05, 0) is 48.1 Å². The second kappa shape index (κ2) is 11.0. The number of nitro groups is 1. The molecule has 1 aliphatic heterocycles. The van der Waals surface area contributed by atoms with Crippen LogP contribution < -0.4 is 0 Å². The van der Waals surface area contributed by atoms with Crippen molar-refractivity contribution in [3.63, 3.8) is 0 Å². The number of rotatable bonds is 6. The van der Waals surface area contributed by atoms with E-state index in [0.717, 1.165) is 47.7 Å². The van der Waals surface area contributed by atoms with Gasteiger partial charge in [-0.15, -0.1) is 0 Å². The second-order valence-electron chi connectivity index (χ2n) is 9.16. The molecule has 1 saturated carbocycles. The number of ether oxygens (including phenoxy) is 1. The number of nitro benzene ring substituents is 1. The Morgan fingerprint density at radius 2 is 1.79 bits per heavy atom. The summed E-state index contributed by atoms with van der Waals surface area (Å²) in [6.45, 7) is -0.581. The molecule has 0 saturated heterocycles. The molecule has 1 fully saturated rings. The zero-order valence-corrected chi connectivity index (χ0v) is 21.1. The minimum absolute atomic E-state index is 0.00154. The second-order valence-corrected chi connectivity index (χ2v) is 9.56. The van der Waals surface area contributed by atoms with E-state index in [0.29, 0.717) is 0 Å². The van der Waals surface area contributed by atoms with Crippen LogP contribution in [0.2, 0.25) is 5.02 Å². The first-order valence-electron chi connectivity index (χ1n) is 12.2. The fourth-order valence-corrected chi connectivity index (χ4v) is 5.19. The van der Waals surface area contributed by atoms with Crippen LogP contribution in [0.15, 0.2) is 89.5 Å². The number of hydrogen-bond donors (Lipinski definition) is 0. The molecular weight excluding hydrogens is 506 g/mol. The predicted octanol–water partition coefficient (Wildman–Crippen LogP) is 6.23. The van der Waals surface area contributed by atoms with E-state index in [1.54, 1.807) is 0 Å². The number of allylic oxidation sites excluding steroid dienone is 1. The highest BCUT2D eigenvalue weighted by Crippen LogP contribution is 2.44. The number of hydrogen-bond acceptors (Lipinski definition) is 6. The number of carbonyl (C=O) groups excluding carboxylic acids is 2. The molecule has 1 amide bonds. The summed E-state index contributed by atoms with van der Waals surface area (Å²) in [6, 6.07) is 22.8. The van der Waals surface area contributed by atoms with Crippen LogP contribution in [0.25, 0.3) is 6.08 Å². The number of non-ortho nitro benzene ring substituents is 1. The molecule has 0 spiro atoms. The smallest absolute Gasteiger partial charge is 0.340 e. The van der Waals surface area contributed by atoms with Crippen molar-refractivity contribution in [1.82, 2.24) is 5.01 Å². The maximum Gasteiger partial charge on any atom is 0.340 e. The van der Waals surface area contributed by atoms with Crippen LogP contribution in [0.4, 0.5) is 5.69 Å². The maximum atomic E-state index is 13.4. The van der Waals surface area contributed by atoms with Crippen LogP contribution in [0.3, 0.4) is 0 Å². The molecule has 0 bridgehead atoms. The molecule has 9 heteroatoms. The summed E-state index contributed by atoms with van der Waals surface area (Å²) >= 11 is 6.06. The van der Waals surface area contributed by atoms with E-state index in [2.05, 4.69) is 6.08 Å². The van der Waals surface area contributed by atoms with E-state index in [-0.39, 0.29) is 28.2 Å². The van der Waals surface area contributed by atoms with Gasteiger partial charge < -0.3 is 4.74 Å². The summed E-state index contributed by atoms with van der Waals surface area (Å²) in [5, 5.41) is 17.3. The van der Waals surface area contributed by atoms with Gasteiger partial charge in [0.1, 0.15) is 0 Å². The average Bonchev–Trinajstić information content (AvgIpc) is 3.33. The molecule has 3 aromatic carbocycles. The van der Waals surface area contributed by atoms with Crippen LogP contribution in [-0.4, -0.2) is 34.1 Å². The third-order valence-electron chi connectivity index (χ3n) is 6.75. The van der Waals surface area contributed by atoms with Gasteiger partial charge in [0, 0.05) is 18.1 Å². The molecule has 1 heterocycles. The molecule has 1 aliphatic carbocycles. The minimum atomic E-state index is -0.919. The zero-order chi connectivity index (χ0) is 26.6. The normalized spacial score (nSPS) is 19.6. The van der Waals surface area contributed by atoms with E-state index in [4.69, 9.17) is 21.4 Å². The Hall–Kier alpha value is -4.30. The average molecular weight is 530 g/mol. The Labute approximate surface area is 224 Å². The highest BCUT2D eigenvalue weighted by atomic mass is 35.5. The van der Waals surface area contributed by atoms with Gasteiger partial charge in [-0.3, -0.25) is 14.9 Å². The molecule has 2 aliphatic rings. The number of esters is 1. The molecular formula is C29H24ClN3O5. The number of fused-ring (bicyclic) bond motifs is 1. The van der Waals surface area contributed by atoms with Crippen LogP contribution in [0.5, 0.6) is 0 Å². The fourth-order valence-electron chi connectivity index (χ4n) is 5.00. The van der Waals surface area contributed by atoms with E-state index in [9.17, 15) is 19.7 Å². The number of nitrogens with zero attached hydrogens (tertiary/aromatic N) is 3. The lowest BCUT2D eigenvalue weighted by atomic mass is 9.77. The standard InChI is InChI=1S/C29H24ClN3O5/c30-25-15-14-22(33(36)37)17-24(25)29(35)38-18-26(34)32-28(20-10-5-2-6-11-20)23-13-7-12-21(27(23)31-32)16-19-8-3-1-4-9-19/h1-6,8-11,14-17,23,28H,7,12-13,18H2. The zero-order valence-electron chi connectivity index (χ0n) is 20.3. The van der Waals surface area contributed by atoms with Crippen molar-refractivity contribution in [1.29, 1.82) is 0 Å². The largest absolute Gasteiger partial charge is 0.452 e. The number of benzene rings is 3. The minimum Gasteiger partial charge on any atom is -0.452 e. The van der Waals surface area contributed by atoms with Crippen molar-refractivity contribution in [2.24, 2.45) is 11.0 Å². The first kappa shape index (κ1) is 25.4. The summed E-state index contributed by atoms with van der Waals surface area (Å²) in [4.78, 5) is 36.5. The SMILES string of the molecule is O=C(OCC(=O)N1N=C2C(=Cc3ccccc3)CCCC2C1c1ccccc1)c1cc([N+](=O)[O-])ccc1Cl. The molecule has 2 unspecified atom stereocenters. The Bertz CT molecular complexity index is 1440. The lowest BCUT2D eigenvalue weighted by molar-refractivity contribution is -0.384. The predicted molar refractivity (Wildman–Crippen MR) is 144 cm³/mol. The van der Waals surface area contributed by atoms with Crippen LogP contribution in [0, 0.1) is 16.0 Å². The van der Waals surface area contributed by atoms with E-state index in [1.165, 1.54) is 17.1 Å². The molecule has 192 valence electrons. The monoisotopic (exact) mass is 529 g/mol. The van der Waals surface area contributed by atoms with E-state index < -0.39 is 23.4 Å². The fraction of sp³-hybridized carbons (Fsp3) is 0.207. The number of hydrazone groups is 1. The Balaban J connectivity index is 1.41. The van der Waals surface area contributed by atoms with Crippen molar-refractivity contribution >= 4 is 41.0 Å². The third-order valence-corrected chi connectivity index (χ3v) is 7.08. The summed E-state index contributed by atoms with van der Waals surface area (Å²) < 4.78 is 5.26. The van der Waals surface area contributed by atoms with Crippen molar-refractivity contribution in [3.8, 4) is 0 Å². The van der Waals surface area contributed by atoms with Crippen LogP contribution in [-0.2, 0) is 9.53 Å². The van der Waals surface area contributed by atoms with Gasteiger partial charge in [-0.1, -0.05) is 72.3 Å². The number of carbonyl (C=O) groups is 2. The summed E-state index contributed by atoms with van der Waals surface area (Å²) in [5.41, 5.74) is 3.49. The highest BCUT2D eigenvalue weighted by molar-refractivity contribution is 6.33. The van der Waals surface area contributed by atoms with Gasteiger partial charge in [0.15, 0.2) is 6.61 Å². The van der Waals surface area contributed by atoms with Crippen molar-refractivity contribution in [3.05, 3.63) is 116 Å². The number of halogens is 1. The lowest BCUT2D eigenvalue weighted by Gasteiger charge is -2.29. The maximum absolute atomic E-state index is 13.4. The van der Waals surface area contributed by atoms with Gasteiger partial charge >= 0.3 is 5.97 Å². The molecule has 38 heavy (non-hydrogen) atoms. The molecule has 3 aromatic rings. The lowest BCUT2D eigenvalue weighted by Crippen LogP contribution is -2.34. The molecule has 5 rings (SSSR count). The Morgan fingerprint density at radius 3 is 2.50 bits per heavy atom. The molecule has 8 nitrogen and oxygen atoms in total. The van der Waals surface area contributed by atoms with Gasteiger partial charge in [0.2, 0.25) is 0 Å². The van der Waals surface area contributed by atoms with Gasteiger partial charge in [-0.2, -0.15) is 5.10 Å². The van der Waals surface area contributed by atoms with E-state index >= 15 is 0 Å². The van der Waals surface area contributed by atoms with Gasteiger partial charge in [0.05, 0.1) is 27.3 Å². The van der Waals surface area contributed by atoms with Crippen LogP contribution >= 0.6 is 11.6 Å². The Morgan fingerprint density at radius 1 is 1.08 bits per heavy atom. The topological polar surface area (TPSA) is 102 Å². The molecule has 0 N–H and O–H groups in total. The van der Waals surface area contributed by atoms with Crippen LogP contribution in [0.1, 0.15) is 46.8 Å². The third kappa shape index (κ3) is 5.21. The summed E-state index contributed by atoms with van der Waals surface area (Å²) in [5.74, 6) is -1.40. The van der Waals surface area contributed by atoms with Crippen molar-refractivity contribution in [2.75, 3.05) is 6.61 Å². The molecule has 0 radical (unpaired) electrons. The summed E-state index contributed by atoms with van der Waals surface area (Å²) in [7, 11) is 0. The summed E-state index contributed by atoms with van der Waals surface area (Å²) in [6.07, 6.45) is 4.81. The Kier molecular flexibility index (Phi) is 7.33. The van der Waals surface area contributed by atoms with Crippen molar-refractivity contribution < 1.29 is 19.2 Å². The molecule has 0 aromatic heterocycles. The first-order chi connectivity index (χ1) is 18.4. The molecule has 2 atom stereocenters. The van der Waals surface area contributed by atoms with Gasteiger partial charge in [-0.25, -0.2) is 9.80 Å². The van der Waals surface area contributed by atoms with Crippen molar-refractivity contribution in [2.45, 2.75) is 25.3 Å².